The molecule has 0 aliphatic rings. The summed E-state index contributed by atoms with van der Waals surface area (Å²) in [5, 5.41) is 14.6. The van der Waals surface area contributed by atoms with E-state index in [9.17, 15) is 9.59 Å². The molecule has 0 radical (unpaired) electrons. The minimum Gasteiger partial charge on any atom is -0.309 e. The molecule has 0 fully saturated rings. The molecule has 7 nitrogen and oxygen atoms in total. The summed E-state index contributed by atoms with van der Waals surface area (Å²) in [5.74, 6) is 0. The number of benzene rings is 7. The summed E-state index contributed by atoms with van der Waals surface area (Å²) in [6, 6.07) is 49.3. The normalized spacial score (nSPS) is 11.8. The molecule has 10 rings (SSSR count). The van der Waals surface area contributed by atoms with Crippen LogP contribution in [0.25, 0.3) is 82.5 Å². The van der Waals surface area contributed by atoms with E-state index in [2.05, 4.69) is 27.3 Å². The molecule has 0 aliphatic carbocycles. The third-order valence-electron chi connectivity index (χ3n) is 9.51. The topological polar surface area (TPSA) is 74.7 Å². The van der Waals surface area contributed by atoms with Crippen molar-refractivity contribution in [2.75, 3.05) is 0 Å². The number of para-hydroxylation sites is 4. The molecular weight excluding hydrogens is 606 g/mol. The van der Waals surface area contributed by atoms with Crippen molar-refractivity contribution in [3.8, 4) is 17.1 Å². The van der Waals surface area contributed by atoms with Crippen LogP contribution in [0, 0.1) is 0 Å². The van der Waals surface area contributed by atoms with Crippen LogP contribution in [0.3, 0.4) is 0 Å². The Labute approximate surface area is 278 Å². The summed E-state index contributed by atoms with van der Waals surface area (Å²) < 4.78 is 4.29. The molecule has 7 heteroatoms. The Morgan fingerprint density at radius 1 is 0.388 bits per heavy atom. The predicted octanol–water partition coefficient (Wildman–Crippen LogP) is 8.49. The highest BCUT2D eigenvalue weighted by Crippen LogP contribution is 2.34. The summed E-state index contributed by atoms with van der Waals surface area (Å²) in [7, 11) is 0. The maximum absolute atomic E-state index is 13.5. The van der Waals surface area contributed by atoms with E-state index in [0.717, 1.165) is 60.9 Å². The highest BCUT2D eigenvalue weighted by atomic mass is 16.1. The minimum atomic E-state index is 0.0188. The average molecular weight is 632 g/mol. The van der Waals surface area contributed by atoms with Gasteiger partial charge in [-0.05, 0) is 78.9 Å². The summed E-state index contributed by atoms with van der Waals surface area (Å²) in [6.07, 6.45) is 0. The van der Waals surface area contributed by atoms with E-state index >= 15 is 0 Å². The Morgan fingerprint density at radius 2 is 0.796 bits per heavy atom. The van der Waals surface area contributed by atoms with Gasteiger partial charge in [0.05, 0.1) is 33.4 Å². The first-order valence-corrected chi connectivity index (χ1v) is 16.1. The quantitative estimate of drug-likeness (QED) is 0.183. The van der Waals surface area contributed by atoms with Crippen molar-refractivity contribution in [1.82, 2.24) is 24.1 Å². The molecular formula is C42H25N5O2. The van der Waals surface area contributed by atoms with Crippen molar-refractivity contribution >= 4 is 65.4 Å². The third-order valence-corrected chi connectivity index (χ3v) is 9.51. The average Bonchev–Trinajstić information content (AvgIpc) is 3.60. The maximum atomic E-state index is 13.5. The molecule has 0 saturated heterocycles. The van der Waals surface area contributed by atoms with Crippen LogP contribution in [-0.2, 0) is 0 Å². The van der Waals surface area contributed by atoms with Crippen LogP contribution in [-0.4, -0.2) is 24.1 Å². The van der Waals surface area contributed by atoms with Gasteiger partial charge in [-0.15, -0.1) is 10.2 Å². The van der Waals surface area contributed by atoms with Gasteiger partial charge >= 0.3 is 0 Å². The fraction of sp³-hybridized carbons (Fsp3) is 0. The number of nitrogens with zero attached hydrogens (tertiary/aromatic N) is 5. The molecule has 0 amide bonds. The van der Waals surface area contributed by atoms with Gasteiger partial charge in [0.2, 0.25) is 0 Å². The van der Waals surface area contributed by atoms with Crippen molar-refractivity contribution in [2.24, 2.45) is 0 Å². The second-order valence-electron chi connectivity index (χ2n) is 12.2. The van der Waals surface area contributed by atoms with Gasteiger partial charge in [-0.25, -0.2) is 0 Å². The van der Waals surface area contributed by atoms with Gasteiger partial charge in [0.15, 0.2) is 10.9 Å². The first-order valence-electron chi connectivity index (χ1n) is 16.1. The van der Waals surface area contributed by atoms with Crippen molar-refractivity contribution in [1.29, 1.82) is 0 Å². The SMILES string of the molecule is O=c1c2ccccc2n(-c2ccc(-n3nc4cc(-n5c6ccccc6c(=O)c6ccccc65)c5ccccc5c4n3)cc2)c2ccccc12. The maximum Gasteiger partial charge on any atom is 0.197 e. The summed E-state index contributed by atoms with van der Waals surface area (Å²) in [4.78, 5) is 28.5. The van der Waals surface area contributed by atoms with E-state index < -0.39 is 0 Å². The monoisotopic (exact) mass is 631 g/mol. The number of pyridine rings is 2. The molecule has 0 bridgehead atoms. The summed E-state index contributed by atoms with van der Waals surface area (Å²) in [6.45, 7) is 0. The first-order chi connectivity index (χ1) is 24.2. The lowest BCUT2D eigenvalue weighted by atomic mass is 10.0. The van der Waals surface area contributed by atoms with E-state index in [1.165, 1.54) is 0 Å². The second-order valence-corrected chi connectivity index (χ2v) is 12.2. The molecule has 3 heterocycles. The van der Waals surface area contributed by atoms with Crippen LogP contribution in [0.2, 0.25) is 0 Å². The molecule has 230 valence electrons. The standard InChI is InChI=1S/C42H25N5O2/c48-41-30-13-3-7-17-35(30)45(36-18-8-4-14-31(36)41)26-21-23-27(24-22-26)47-43-34-25-39(28-11-1-2-12-29(28)40(34)44-47)46-37-19-9-5-15-32(37)42(49)33-16-6-10-20-38(33)46/h1-25H. The van der Waals surface area contributed by atoms with Gasteiger partial charge in [0.25, 0.3) is 0 Å². The van der Waals surface area contributed by atoms with Crippen LogP contribution in [0.5, 0.6) is 0 Å². The van der Waals surface area contributed by atoms with Crippen LogP contribution >= 0.6 is 0 Å². The van der Waals surface area contributed by atoms with E-state index in [1.54, 1.807) is 4.80 Å². The van der Waals surface area contributed by atoms with Gasteiger partial charge < -0.3 is 9.13 Å². The number of hydrogen-bond donors (Lipinski definition) is 0. The molecule has 0 saturated carbocycles. The highest BCUT2D eigenvalue weighted by molar-refractivity contribution is 6.10. The zero-order chi connectivity index (χ0) is 32.6. The molecule has 10 aromatic rings. The van der Waals surface area contributed by atoms with E-state index in [-0.39, 0.29) is 10.9 Å². The first kappa shape index (κ1) is 27.3. The van der Waals surface area contributed by atoms with Crippen molar-refractivity contribution in [3.63, 3.8) is 0 Å². The molecule has 7 aromatic carbocycles. The van der Waals surface area contributed by atoms with E-state index in [4.69, 9.17) is 10.2 Å². The Balaban J connectivity index is 1.17. The zero-order valence-electron chi connectivity index (χ0n) is 26.0. The van der Waals surface area contributed by atoms with Gasteiger partial charge in [-0.1, -0.05) is 72.8 Å². The Bertz CT molecular complexity index is 2980. The Hall–Kier alpha value is -6.86. The van der Waals surface area contributed by atoms with Gasteiger partial charge in [0.1, 0.15) is 11.0 Å². The number of hydrogen-bond acceptors (Lipinski definition) is 4. The van der Waals surface area contributed by atoms with Crippen LogP contribution in [0.15, 0.2) is 161 Å². The van der Waals surface area contributed by atoms with Crippen LogP contribution < -0.4 is 10.9 Å². The van der Waals surface area contributed by atoms with Crippen molar-refractivity contribution < 1.29 is 0 Å². The number of fused-ring (bicyclic) bond motifs is 7. The smallest absolute Gasteiger partial charge is 0.197 e. The van der Waals surface area contributed by atoms with E-state index in [1.807, 2.05) is 133 Å². The van der Waals surface area contributed by atoms with Gasteiger partial charge in [-0.3, -0.25) is 9.59 Å². The minimum absolute atomic E-state index is 0.0188. The molecule has 49 heavy (non-hydrogen) atoms. The molecule has 3 aromatic heterocycles. The Morgan fingerprint density at radius 3 is 1.31 bits per heavy atom. The number of rotatable bonds is 3. The summed E-state index contributed by atoms with van der Waals surface area (Å²) >= 11 is 0. The van der Waals surface area contributed by atoms with Crippen LogP contribution in [0.1, 0.15) is 0 Å². The predicted molar refractivity (Wildman–Crippen MR) is 198 cm³/mol. The zero-order valence-corrected chi connectivity index (χ0v) is 26.0. The molecule has 0 aliphatic heterocycles. The third kappa shape index (κ3) is 3.96. The Kier molecular flexibility index (Phi) is 5.74. The lowest BCUT2D eigenvalue weighted by molar-refractivity contribution is 0.766. The van der Waals surface area contributed by atoms with Crippen LogP contribution in [0.4, 0.5) is 0 Å². The fourth-order valence-corrected chi connectivity index (χ4v) is 7.29. The molecule has 0 N–H and O–H groups in total. The van der Waals surface area contributed by atoms with Gasteiger partial charge in [0, 0.05) is 38.0 Å². The highest BCUT2D eigenvalue weighted by Gasteiger charge is 2.18. The molecule has 0 spiro atoms. The second kappa shape index (κ2) is 10.3. The van der Waals surface area contributed by atoms with Crippen molar-refractivity contribution in [2.45, 2.75) is 0 Å². The largest absolute Gasteiger partial charge is 0.309 e. The lowest BCUT2D eigenvalue weighted by Gasteiger charge is -2.17. The van der Waals surface area contributed by atoms with Crippen molar-refractivity contribution in [3.05, 3.63) is 172 Å². The molecule has 0 atom stereocenters. The fourth-order valence-electron chi connectivity index (χ4n) is 7.29. The van der Waals surface area contributed by atoms with E-state index in [0.29, 0.717) is 21.5 Å². The summed E-state index contributed by atoms with van der Waals surface area (Å²) in [5.41, 5.74) is 7.60. The number of aromatic nitrogens is 5. The van der Waals surface area contributed by atoms with Gasteiger partial charge in [-0.2, -0.15) is 4.80 Å². The lowest BCUT2D eigenvalue weighted by Crippen LogP contribution is -2.10. The molecule has 0 unspecified atom stereocenters.